The number of hydrogen-bond donors (Lipinski definition) is 1. The summed E-state index contributed by atoms with van der Waals surface area (Å²) >= 11 is 6.56. The second-order valence-electron chi connectivity index (χ2n) is 5.92. The Bertz CT molecular complexity index is 641. The van der Waals surface area contributed by atoms with Crippen molar-refractivity contribution in [1.29, 1.82) is 0 Å². The summed E-state index contributed by atoms with van der Waals surface area (Å²) in [6, 6.07) is 17.6. The molecule has 0 aliphatic carbocycles. The number of nitrogens with one attached hydrogen (secondary N) is 1. The van der Waals surface area contributed by atoms with Gasteiger partial charge < -0.3 is 5.32 Å². The van der Waals surface area contributed by atoms with E-state index in [9.17, 15) is 0 Å². The standard InChI is InChI=1S/C18H19ClN2/c19-16-8-4-7-14-15(13-5-2-1-3-6-13)12-21-10-9-20-11-17(21)18(14)16/h1-8,15,17,20H,9-12H2/t15-,17-/m0/s1. The van der Waals surface area contributed by atoms with Gasteiger partial charge in [0.25, 0.3) is 0 Å². The quantitative estimate of drug-likeness (QED) is 0.868. The zero-order valence-electron chi connectivity index (χ0n) is 11.9. The fourth-order valence-corrected chi connectivity index (χ4v) is 4.07. The lowest BCUT2D eigenvalue weighted by molar-refractivity contribution is 0.143. The summed E-state index contributed by atoms with van der Waals surface area (Å²) in [7, 11) is 0. The van der Waals surface area contributed by atoms with Crippen molar-refractivity contribution in [2.75, 3.05) is 26.2 Å². The maximum Gasteiger partial charge on any atom is 0.0491 e. The summed E-state index contributed by atoms with van der Waals surface area (Å²) in [5.41, 5.74) is 4.11. The molecule has 0 unspecified atom stereocenters. The summed E-state index contributed by atoms with van der Waals surface area (Å²) in [5.74, 6) is 0.425. The highest BCUT2D eigenvalue weighted by Crippen LogP contribution is 2.42. The molecule has 1 fully saturated rings. The maximum absolute atomic E-state index is 6.56. The van der Waals surface area contributed by atoms with Gasteiger partial charge in [0.1, 0.15) is 0 Å². The molecule has 2 atom stereocenters. The van der Waals surface area contributed by atoms with Crippen LogP contribution in [0.1, 0.15) is 28.7 Å². The van der Waals surface area contributed by atoms with Gasteiger partial charge in [0.2, 0.25) is 0 Å². The van der Waals surface area contributed by atoms with Crippen LogP contribution in [0.5, 0.6) is 0 Å². The van der Waals surface area contributed by atoms with Crippen LogP contribution in [-0.4, -0.2) is 31.1 Å². The highest BCUT2D eigenvalue weighted by atomic mass is 35.5. The first-order chi connectivity index (χ1) is 10.3. The van der Waals surface area contributed by atoms with Crippen molar-refractivity contribution in [2.45, 2.75) is 12.0 Å². The predicted octanol–water partition coefficient (Wildman–Crippen LogP) is 3.43. The molecule has 0 spiro atoms. The molecule has 21 heavy (non-hydrogen) atoms. The smallest absolute Gasteiger partial charge is 0.0491 e. The molecule has 1 N–H and O–H groups in total. The number of benzene rings is 2. The predicted molar refractivity (Wildman–Crippen MR) is 86.9 cm³/mol. The Hall–Kier alpha value is -1.35. The van der Waals surface area contributed by atoms with Crippen molar-refractivity contribution in [3.8, 4) is 0 Å². The fraction of sp³-hybridized carbons (Fsp3) is 0.333. The van der Waals surface area contributed by atoms with E-state index in [2.05, 4.69) is 52.7 Å². The van der Waals surface area contributed by atoms with Crippen molar-refractivity contribution in [3.63, 3.8) is 0 Å². The van der Waals surface area contributed by atoms with Crippen molar-refractivity contribution >= 4 is 11.6 Å². The number of piperazine rings is 1. The first-order valence-corrected chi connectivity index (χ1v) is 8.00. The van der Waals surface area contributed by atoms with Crippen molar-refractivity contribution < 1.29 is 0 Å². The minimum atomic E-state index is 0.419. The second kappa shape index (κ2) is 5.45. The summed E-state index contributed by atoms with van der Waals surface area (Å²) in [4.78, 5) is 2.59. The van der Waals surface area contributed by atoms with E-state index in [4.69, 9.17) is 11.6 Å². The first kappa shape index (κ1) is 13.3. The van der Waals surface area contributed by atoms with Crippen LogP contribution in [0.15, 0.2) is 48.5 Å². The summed E-state index contributed by atoms with van der Waals surface area (Å²) in [5, 5.41) is 4.42. The molecular formula is C18H19ClN2. The van der Waals surface area contributed by atoms with Crippen LogP contribution < -0.4 is 5.32 Å². The lowest BCUT2D eigenvalue weighted by atomic mass is 9.80. The second-order valence-corrected chi connectivity index (χ2v) is 6.33. The van der Waals surface area contributed by atoms with Gasteiger partial charge in [-0.25, -0.2) is 0 Å². The Morgan fingerprint density at radius 3 is 2.76 bits per heavy atom. The highest BCUT2D eigenvalue weighted by molar-refractivity contribution is 6.31. The van der Waals surface area contributed by atoms with Gasteiger partial charge in [-0.2, -0.15) is 0 Å². The molecule has 2 aliphatic heterocycles. The Morgan fingerprint density at radius 1 is 1.05 bits per heavy atom. The number of rotatable bonds is 1. The largest absolute Gasteiger partial charge is 0.314 e. The molecule has 2 aliphatic rings. The van der Waals surface area contributed by atoms with Gasteiger partial charge >= 0.3 is 0 Å². The van der Waals surface area contributed by atoms with Crippen LogP contribution in [0.4, 0.5) is 0 Å². The average molecular weight is 299 g/mol. The van der Waals surface area contributed by atoms with E-state index >= 15 is 0 Å². The van der Waals surface area contributed by atoms with E-state index in [1.165, 1.54) is 16.7 Å². The minimum absolute atomic E-state index is 0.419. The third kappa shape index (κ3) is 2.28. The van der Waals surface area contributed by atoms with Crippen molar-refractivity contribution in [3.05, 3.63) is 70.2 Å². The molecule has 1 saturated heterocycles. The Labute approximate surface area is 130 Å². The van der Waals surface area contributed by atoms with Crippen LogP contribution in [0, 0.1) is 0 Å². The van der Waals surface area contributed by atoms with E-state index in [0.717, 1.165) is 31.2 Å². The molecule has 2 aromatic rings. The molecule has 0 bridgehead atoms. The molecule has 4 rings (SSSR count). The molecule has 0 saturated carbocycles. The Morgan fingerprint density at radius 2 is 1.90 bits per heavy atom. The van der Waals surface area contributed by atoms with Crippen LogP contribution >= 0.6 is 11.6 Å². The van der Waals surface area contributed by atoms with Gasteiger partial charge in [-0.05, 0) is 22.8 Å². The van der Waals surface area contributed by atoms with E-state index in [-0.39, 0.29) is 0 Å². The fourth-order valence-electron chi connectivity index (χ4n) is 3.76. The van der Waals surface area contributed by atoms with Gasteiger partial charge in [0.15, 0.2) is 0 Å². The lowest BCUT2D eigenvalue weighted by Gasteiger charge is -2.44. The topological polar surface area (TPSA) is 15.3 Å². The zero-order valence-corrected chi connectivity index (χ0v) is 12.7. The van der Waals surface area contributed by atoms with Gasteiger partial charge in [-0.3, -0.25) is 4.90 Å². The number of fused-ring (bicyclic) bond motifs is 3. The molecule has 0 radical (unpaired) electrons. The lowest BCUT2D eigenvalue weighted by Crippen LogP contribution is -2.50. The maximum atomic E-state index is 6.56. The van der Waals surface area contributed by atoms with Crippen LogP contribution in [0.25, 0.3) is 0 Å². The molecule has 2 aromatic carbocycles. The number of halogens is 1. The third-order valence-corrected chi connectivity index (χ3v) is 5.10. The Balaban J connectivity index is 1.85. The monoisotopic (exact) mass is 298 g/mol. The third-order valence-electron chi connectivity index (χ3n) is 4.77. The van der Waals surface area contributed by atoms with Crippen LogP contribution in [0.3, 0.4) is 0 Å². The molecule has 0 aromatic heterocycles. The summed E-state index contributed by atoms with van der Waals surface area (Å²) < 4.78 is 0. The SMILES string of the molecule is Clc1cccc2c1[C@@H]1CNCCN1C[C@H]2c1ccccc1. The van der Waals surface area contributed by atoms with Gasteiger partial charge in [-0.1, -0.05) is 54.1 Å². The van der Waals surface area contributed by atoms with Crippen molar-refractivity contribution in [2.24, 2.45) is 0 Å². The molecule has 2 nitrogen and oxygen atoms in total. The Kier molecular flexibility index (Phi) is 3.46. The van der Waals surface area contributed by atoms with Crippen molar-refractivity contribution in [1.82, 2.24) is 10.2 Å². The molecule has 108 valence electrons. The van der Waals surface area contributed by atoms with E-state index in [1.54, 1.807) is 0 Å². The van der Waals surface area contributed by atoms with Gasteiger partial charge in [-0.15, -0.1) is 0 Å². The zero-order chi connectivity index (χ0) is 14.2. The van der Waals surface area contributed by atoms with Crippen LogP contribution in [0.2, 0.25) is 5.02 Å². The number of nitrogens with zero attached hydrogens (tertiary/aromatic N) is 1. The van der Waals surface area contributed by atoms with E-state index in [1.807, 2.05) is 6.07 Å². The highest BCUT2D eigenvalue weighted by Gasteiger charge is 2.36. The van der Waals surface area contributed by atoms with Gasteiger partial charge in [0.05, 0.1) is 0 Å². The normalized spacial score (nSPS) is 25.2. The average Bonchev–Trinajstić information content (AvgIpc) is 2.55. The van der Waals surface area contributed by atoms with E-state index < -0.39 is 0 Å². The molecular weight excluding hydrogens is 280 g/mol. The first-order valence-electron chi connectivity index (χ1n) is 7.62. The van der Waals surface area contributed by atoms with E-state index in [0.29, 0.717) is 12.0 Å². The molecule has 3 heteroatoms. The summed E-state index contributed by atoms with van der Waals surface area (Å²) in [6.07, 6.45) is 0. The minimum Gasteiger partial charge on any atom is -0.314 e. The molecule has 2 heterocycles. The van der Waals surface area contributed by atoms with Crippen LogP contribution in [-0.2, 0) is 0 Å². The molecule has 0 amide bonds. The summed E-state index contributed by atoms with van der Waals surface area (Å²) in [6.45, 7) is 4.25. The van der Waals surface area contributed by atoms with Gasteiger partial charge in [0, 0.05) is 43.2 Å². The number of hydrogen-bond acceptors (Lipinski definition) is 2.